The fraction of sp³-hybridized carbons (Fsp3) is 0.0909. The molecule has 0 radical (unpaired) electrons. The standard InChI is InChI=1S/C22H18N2O3/c25-20(22-24-23-21(27-22)18-9-5-2-6-10-18)17-11-13-19(14-12-17)26-15-16-7-3-1-4-8-16/h1-14,20,25H,15H2/t20-/m0/s1. The number of ether oxygens (including phenoxy) is 1. The van der Waals surface area contributed by atoms with Crippen molar-refractivity contribution >= 4 is 0 Å². The largest absolute Gasteiger partial charge is 0.489 e. The third-order valence-corrected chi connectivity index (χ3v) is 4.14. The van der Waals surface area contributed by atoms with E-state index in [1.807, 2.05) is 72.8 Å². The molecule has 1 N–H and O–H groups in total. The smallest absolute Gasteiger partial charge is 0.249 e. The summed E-state index contributed by atoms with van der Waals surface area (Å²) in [7, 11) is 0. The molecular formula is C22H18N2O3. The summed E-state index contributed by atoms with van der Waals surface area (Å²) in [6.45, 7) is 0.493. The molecule has 5 nitrogen and oxygen atoms in total. The van der Waals surface area contributed by atoms with Gasteiger partial charge >= 0.3 is 0 Å². The van der Waals surface area contributed by atoms with E-state index >= 15 is 0 Å². The maximum Gasteiger partial charge on any atom is 0.249 e. The van der Waals surface area contributed by atoms with Gasteiger partial charge in [0.15, 0.2) is 6.10 Å². The van der Waals surface area contributed by atoms with Crippen LogP contribution in [-0.4, -0.2) is 15.3 Å². The normalized spacial score (nSPS) is 11.9. The van der Waals surface area contributed by atoms with Gasteiger partial charge in [0.05, 0.1) is 0 Å². The quantitative estimate of drug-likeness (QED) is 0.553. The second-order valence-corrected chi connectivity index (χ2v) is 6.06. The molecule has 5 heteroatoms. The zero-order chi connectivity index (χ0) is 18.5. The number of aliphatic hydroxyl groups is 1. The van der Waals surface area contributed by atoms with Gasteiger partial charge in [0.25, 0.3) is 0 Å². The Kier molecular flexibility index (Phi) is 4.94. The van der Waals surface area contributed by atoms with Crippen molar-refractivity contribution in [2.45, 2.75) is 12.7 Å². The van der Waals surface area contributed by atoms with Gasteiger partial charge in [-0.2, -0.15) is 0 Å². The van der Waals surface area contributed by atoms with Crippen molar-refractivity contribution in [1.29, 1.82) is 0 Å². The van der Waals surface area contributed by atoms with Gasteiger partial charge in [-0.1, -0.05) is 60.7 Å². The van der Waals surface area contributed by atoms with E-state index in [0.29, 0.717) is 18.1 Å². The molecule has 0 bridgehead atoms. The van der Waals surface area contributed by atoms with Gasteiger partial charge in [-0.05, 0) is 35.4 Å². The Morgan fingerprint density at radius 3 is 2.19 bits per heavy atom. The first-order valence-electron chi connectivity index (χ1n) is 8.63. The molecule has 1 atom stereocenters. The van der Waals surface area contributed by atoms with Crippen LogP contribution in [0.2, 0.25) is 0 Å². The molecule has 0 aliphatic rings. The highest BCUT2D eigenvalue weighted by Gasteiger charge is 2.18. The van der Waals surface area contributed by atoms with Gasteiger partial charge in [0, 0.05) is 5.56 Å². The summed E-state index contributed by atoms with van der Waals surface area (Å²) < 4.78 is 11.4. The van der Waals surface area contributed by atoms with E-state index in [0.717, 1.165) is 16.9 Å². The molecule has 0 fully saturated rings. The average molecular weight is 358 g/mol. The van der Waals surface area contributed by atoms with Crippen molar-refractivity contribution in [3.05, 3.63) is 102 Å². The van der Waals surface area contributed by atoms with Crippen LogP contribution in [0.5, 0.6) is 5.75 Å². The fourth-order valence-electron chi connectivity index (χ4n) is 2.67. The summed E-state index contributed by atoms with van der Waals surface area (Å²) in [5.74, 6) is 1.27. The molecule has 0 saturated carbocycles. The van der Waals surface area contributed by atoms with Crippen molar-refractivity contribution in [3.8, 4) is 17.2 Å². The zero-order valence-electron chi connectivity index (χ0n) is 14.5. The number of rotatable bonds is 6. The lowest BCUT2D eigenvalue weighted by Crippen LogP contribution is -2.00. The number of hydrogen-bond acceptors (Lipinski definition) is 5. The number of aliphatic hydroxyl groups excluding tert-OH is 1. The van der Waals surface area contributed by atoms with Crippen LogP contribution < -0.4 is 4.74 Å². The van der Waals surface area contributed by atoms with Crippen molar-refractivity contribution in [2.75, 3.05) is 0 Å². The molecule has 0 spiro atoms. The van der Waals surface area contributed by atoms with Crippen molar-refractivity contribution in [3.63, 3.8) is 0 Å². The molecule has 1 heterocycles. The third kappa shape index (κ3) is 4.04. The Bertz CT molecular complexity index is 983. The number of nitrogens with zero attached hydrogens (tertiary/aromatic N) is 2. The molecule has 27 heavy (non-hydrogen) atoms. The lowest BCUT2D eigenvalue weighted by molar-refractivity contribution is 0.183. The van der Waals surface area contributed by atoms with Gasteiger partial charge in [0.1, 0.15) is 12.4 Å². The predicted molar refractivity (Wildman–Crippen MR) is 101 cm³/mol. The van der Waals surface area contributed by atoms with Crippen LogP contribution in [0.3, 0.4) is 0 Å². The Morgan fingerprint density at radius 2 is 1.48 bits per heavy atom. The maximum atomic E-state index is 10.5. The van der Waals surface area contributed by atoms with E-state index in [2.05, 4.69) is 10.2 Å². The molecule has 0 aliphatic heterocycles. The van der Waals surface area contributed by atoms with Gasteiger partial charge in [-0.3, -0.25) is 0 Å². The Morgan fingerprint density at radius 1 is 0.815 bits per heavy atom. The third-order valence-electron chi connectivity index (χ3n) is 4.14. The first-order chi connectivity index (χ1) is 13.3. The number of hydrogen-bond donors (Lipinski definition) is 1. The Balaban J connectivity index is 1.43. The Labute approximate surface area is 156 Å². The van der Waals surface area contributed by atoms with Crippen molar-refractivity contribution in [1.82, 2.24) is 10.2 Å². The average Bonchev–Trinajstić information content (AvgIpc) is 3.24. The van der Waals surface area contributed by atoms with Crippen molar-refractivity contribution < 1.29 is 14.3 Å². The molecule has 0 unspecified atom stereocenters. The predicted octanol–water partition coefficient (Wildman–Crippen LogP) is 4.40. The lowest BCUT2D eigenvalue weighted by Gasteiger charge is -2.09. The molecule has 4 rings (SSSR count). The highest BCUT2D eigenvalue weighted by atomic mass is 16.5. The van der Waals surface area contributed by atoms with E-state index in [4.69, 9.17) is 9.15 Å². The van der Waals surface area contributed by atoms with Crippen molar-refractivity contribution in [2.24, 2.45) is 0 Å². The molecule has 3 aromatic carbocycles. The van der Waals surface area contributed by atoms with E-state index < -0.39 is 6.10 Å². The molecule has 134 valence electrons. The Hall–Kier alpha value is -3.44. The van der Waals surface area contributed by atoms with Crippen LogP contribution in [0.25, 0.3) is 11.5 Å². The summed E-state index contributed by atoms with van der Waals surface area (Å²) >= 11 is 0. The van der Waals surface area contributed by atoms with Gasteiger partial charge in [0.2, 0.25) is 11.8 Å². The molecule has 0 aliphatic carbocycles. The summed E-state index contributed by atoms with van der Waals surface area (Å²) in [5.41, 5.74) is 2.57. The van der Waals surface area contributed by atoms with E-state index in [1.165, 1.54) is 0 Å². The van der Waals surface area contributed by atoms with E-state index in [-0.39, 0.29) is 5.89 Å². The number of benzene rings is 3. The number of aromatic nitrogens is 2. The highest BCUT2D eigenvalue weighted by molar-refractivity contribution is 5.51. The summed E-state index contributed by atoms with van der Waals surface area (Å²) in [5, 5.41) is 18.5. The minimum atomic E-state index is -0.988. The second-order valence-electron chi connectivity index (χ2n) is 6.06. The molecule has 4 aromatic rings. The summed E-state index contributed by atoms with van der Waals surface area (Å²) in [6, 6.07) is 26.6. The second kappa shape index (κ2) is 7.85. The van der Waals surface area contributed by atoms with E-state index in [9.17, 15) is 5.11 Å². The molecular weight excluding hydrogens is 340 g/mol. The fourth-order valence-corrected chi connectivity index (χ4v) is 2.67. The van der Waals surface area contributed by atoms with Gasteiger partial charge < -0.3 is 14.3 Å². The zero-order valence-corrected chi connectivity index (χ0v) is 14.5. The topological polar surface area (TPSA) is 68.4 Å². The summed E-state index contributed by atoms with van der Waals surface area (Å²) in [6.07, 6.45) is -0.988. The van der Waals surface area contributed by atoms with Gasteiger partial charge in [-0.15, -0.1) is 10.2 Å². The summed E-state index contributed by atoms with van der Waals surface area (Å²) in [4.78, 5) is 0. The molecule has 0 saturated heterocycles. The molecule has 1 aromatic heterocycles. The van der Waals surface area contributed by atoms with Crippen LogP contribution in [-0.2, 0) is 6.61 Å². The van der Waals surface area contributed by atoms with Crippen LogP contribution in [0.4, 0.5) is 0 Å². The monoisotopic (exact) mass is 358 g/mol. The lowest BCUT2D eigenvalue weighted by atomic mass is 10.1. The van der Waals surface area contributed by atoms with E-state index in [1.54, 1.807) is 12.1 Å². The maximum absolute atomic E-state index is 10.5. The SMILES string of the molecule is O[C@@H](c1ccc(OCc2ccccc2)cc1)c1nnc(-c2ccccc2)o1. The van der Waals surface area contributed by atoms with Crippen LogP contribution >= 0.6 is 0 Å². The van der Waals surface area contributed by atoms with Crippen LogP contribution in [0, 0.1) is 0 Å². The highest BCUT2D eigenvalue weighted by Crippen LogP contribution is 2.26. The van der Waals surface area contributed by atoms with Crippen LogP contribution in [0.15, 0.2) is 89.3 Å². The van der Waals surface area contributed by atoms with Gasteiger partial charge in [-0.25, -0.2) is 0 Å². The minimum absolute atomic E-state index is 0.159. The molecule has 0 amide bonds. The van der Waals surface area contributed by atoms with Crippen LogP contribution in [0.1, 0.15) is 23.1 Å². The first-order valence-corrected chi connectivity index (χ1v) is 8.63. The minimum Gasteiger partial charge on any atom is -0.489 e. The first kappa shape index (κ1) is 17.0.